The summed E-state index contributed by atoms with van der Waals surface area (Å²) in [6.45, 7) is 1.72. The van der Waals surface area contributed by atoms with Gasteiger partial charge in [-0.15, -0.1) is 0 Å². The Morgan fingerprint density at radius 2 is 2.14 bits per heavy atom. The van der Waals surface area contributed by atoms with Crippen molar-refractivity contribution in [3.05, 3.63) is 0 Å². The molecule has 0 spiro atoms. The highest BCUT2D eigenvalue weighted by Gasteiger charge is 2.27. The van der Waals surface area contributed by atoms with E-state index < -0.39 is 0 Å². The van der Waals surface area contributed by atoms with Gasteiger partial charge in [0.2, 0.25) is 11.8 Å². The van der Waals surface area contributed by atoms with Crippen LogP contribution in [0.1, 0.15) is 25.7 Å². The molecule has 0 radical (unpaired) electrons. The number of rotatable bonds is 5. The molecule has 122 valence electrons. The summed E-state index contributed by atoms with van der Waals surface area (Å²) in [6, 6.07) is 0.356. The van der Waals surface area contributed by atoms with Crippen LogP contribution in [0.3, 0.4) is 0 Å². The SMILES string of the molecule is COCCNC(=O)[C@@H]1CCC[C@@H](N(C)C)CN(C)C(=O)C1. The van der Waals surface area contributed by atoms with Crippen LogP contribution in [0.4, 0.5) is 0 Å². The van der Waals surface area contributed by atoms with Gasteiger partial charge in [-0.05, 0) is 26.9 Å². The molecule has 2 amide bonds. The molecule has 0 aromatic carbocycles. The van der Waals surface area contributed by atoms with Gasteiger partial charge in [0.05, 0.1) is 6.61 Å². The van der Waals surface area contributed by atoms with Crippen molar-refractivity contribution in [1.29, 1.82) is 0 Å². The monoisotopic (exact) mass is 299 g/mol. The topological polar surface area (TPSA) is 61.9 Å². The van der Waals surface area contributed by atoms with Gasteiger partial charge in [-0.3, -0.25) is 9.59 Å². The lowest BCUT2D eigenvalue weighted by Crippen LogP contribution is -2.41. The highest BCUT2D eigenvalue weighted by Crippen LogP contribution is 2.20. The van der Waals surface area contributed by atoms with Gasteiger partial charge in [0.15, 0.2) is 0 Å². The number of carbonyl (C=O) groups excluding carboxylic acids is 2. The molecule has 0 bridgehead atoms. The largest absolute Gasteiger partial charge is 0.383 e. The van der Waals surface area contributed by atoms with Crippen molar-refractivity contribution in [2.24, 2.45) is 5.92 Å². The van der Waals surface area contributed by atoms with Gasteiger partial charge in [0.25, 0.3) is 0 Å². The van der Waals surface area contributed by atoms with Crippen molar-refractivity contribution in [3.8, 4) is 0 Å². The minimum absolute atomic E-state index is 0.0305. The van der Waals surface area contributed by atoms with Crippen LogP contribution >= 0.6 is 0 Å². The fourth-order valence-electron chi connectivity index (χ4n) is 2.64. The first kappa shape index (κ1) is 17.9. The van der Waals surface area contributed by atoms with E-state index in [0.29, 0.717) is 25.6 Å². The van der Waals surface area contributed by atoms with E-state index in [-0.39, 0.29) is 17.7 Å². The van der Waals surface area contributed by atoms with Gasteiger partial charge in [-0.1, -0.05) is 6.42 Å². The van der Waals surface area contributed by atoms with Crippen LogP contribution in [0.25, 0.3) is 0 Å². The lowest BCUT2D eigenvalue weighted by atomic mass is 9.96. The second-order valence-electron chi connectivity index (χ2n) is 6.01. The quantitative estimate of drug-likeness (QED) is 0.743. The third-order valence-corrected chi connectivity index (χ3v) is 4.13. The number of nitrogens with one attached hydrogen (secondary N) is 1. The number of ether oxygens (including phenoxy) is 1. The van der Waals surface area contributed by atoms with E-state index in [9.17, 15) is 9.59 Å². The molecule has 21 heavy (non-hydrogen) atoms. The number of likely N-dealkylation sites (N-methyl/N-ethyl adjacent to an activating group) is 2. The lowest BCUT2D eigenvalue weighted by Gasteiger charge is -2.28. The molecule has 1 fully saturated rings. The maximum Gasteiger partial charge on any atom is 0.223 e. The third-order valence-electron chi connectivity index (χ3n) is 4.13. The molecule has 6 nitrogen and oxygen atoms in total. The molecule has 0 aromatic rings. The van der Waals surface area contributed by atoms with Gasteiger partial charge in [0, 0.05) is 45.6 Å². The van der Waals surface area contributed by atoms with E-state index in [4.69, 9.17) is 4.74 Å². The molecule has 1 heterocycles. The summed E-state index contributed by atoms with van der Waals surface area (Å²) < 4.78 is 4.93. The van der Waals surface area contributed by atoms with Gasteiger partial charge in [-0.2, -0.15) is 0 Å². The van der Waals surface area contributed by atoms with E-state index in [1.54, 1.807) is 12.0 Å². The van der Waals surface area contributed by atoms with E-state index >= 15 is 0 Å². The van der Waals surface area contributed by atoms with Crippen LogP contribution in [0.5, 0.6) is 0 Å². The van der Waals surface area contributed by atoms with Gasteiger partial charge >= 0.3 is 0 Å². The second kappa shape index (κ2) is 9.00. The highest BCUT2D eigenvalue weighted by molar-refractivity contribution is 5.85. The van der Waals surface area contributed by atoms with E-state index in [2.05, 4.69) is 10.2 Å². The Morgan fingerprint density at radius 1 is 1.43 bits per heavy atom. The van der Waals surface area contributed by atoms with Crippen molar-refractivity contribution in [2.45, 2.75) is 31.7 Å². The van der Waals surface area contributed by atoms with E-state index in [1.165, 1.54) is 0 Å². The number of nitrogens with zero attached hydrogens (tertiary/aromatic N) is 2. The average molecular weight is 299 g/mol. The summed E-state index contributed by atoms with van der Waals surface area (Å²) in [5.74, 6) is -0.203. The first-order valence-corrected chi connectivity index (χ1v) is 7.62. The summed E-state index contributed by atoms with van der Waals surface area (Å²) in [6.07, 6.45) is 3.04. The fourth-order valence-corrected chi connectivity index (χ4v) is 2.64. The lowest BCUT2D eigenvalue weighted by molar-refractivity contribution is -0.135. The van der Waals surface area contributed by atoms with Crippen molar-refractivity contribution < 1.29 is 14.3 Å². The maximum atomic E-state index is 12.2. The second-order valence-corrected chi connectivity index (χ2v) is 6.01. The summed E-state index contributed by atoms with van der Waals surface area (Å²) in [5, 5.41) is 2.85. The summed E-state index contributed by atoms with van der Waals surface area (Å²) in [7, 11) is 7.50. The molecular formula is C15H29N3O3. The number of amides is 2. The van der Waals surface area contributed by atoms with E-state index in [1.807, 2.05) is 21.1 Å². The van der Waals surface area contributed by atoms with Crippen LogP contribution < -0.4 is 5.32 Å². The number of carbonyl (C=O) groups is 2. The molecule has 0 aromatic heterocycles. The molecule has 2 atom stereocenters. The Labute approximate surface area is 127 Å². The Kier molecular flexibility index (Phi) is 7.67. The molecular weight excluding hydrogens is 270 g/mol. The van der Waals surface area contributed by atoms with Crippen LogP contribution in [0.15, 0.2) is 0 Å². The van der Waals surface area contributed by atoms with Crippen LogP contribution in [-0.2, 0) is 14.3 Å². The van der Waals surface area contributed by atoms with Crippen LogP contribution in [0.2, 0.25) is 0 Å². The molecule has 1 rings (SSSR count). The van der Waals surface area contributed by atoms with Crippen molar-refractivity contribution in [2.75, 3.05) is 47.9 Å². The maximum absolute atomic E-state index is 12.2. The predicted octanol–water partition coefficient (Wildman–Crippen LogP) is 0.328. The predicted molar refractivity (Wildman–Crippen MR) is 82.0 cm³/mol. The van der Waals surface area contributed by atoms with Crippen LogP contribution in [0, 0.1) is 5.92 Å². The minimum Gasteiger partial charge on any atom is -0.383 e. The Bertz CT molecular complexity index is 347. The van der Waals surface area contributed by atoms with Crippen molar-refractivity contribution >= 4 is 11.8 Å². The summed E-state index contributed by atoms with van der Waals surface area (Å²) in [4.78, 5) is 28.3. The zero-order chi connectivity index (χ0) is 15.8. The summed E-state index contributed by atoms with van der Waals surface area (Å²) in [5.41, 5.74) is 0. The fraction of sp³-hybridized carbons (Fsp3) is 0.867. The first-order chi connectivity index (χ1) is 9.95. The van der Waals surface area contributed by atoms with E-state index in [0.717, 1.165) is 25.8 Å². The Balaban J connectivity index is 2.63. The normalized spacial score (nSPS) is 24.4. The van der Waals surface area contributed by atoms with Crippen molar-refractivity contribution in [1.82, 2.24) is 15.1 Å². The van der Waals surface area contributed by atoms with Gasteiger partial charge < -0.3 is 19.9 Å². The number of hydrogen-bond donors (Lipinski definition) is 1. The standard InChI is InChI=1S/C15H29N3O3/c1-17(2)13-7-5-6-12(10-14(19)18(3)11-13)15(20)16-8-9-21-4/h12-13H,5-11H2,1-4H3,(H,16,20)/t12-,13-/m1/s1. The number of methoxy groups -OCH3 is 1. The smallest absolute Gasteiger partial charge is 0.223 e. The molecule has 6 heteroatoms. The minimum atomic E-state index is -0.224. The Hall–Kier alpha value is -1.14. The molecule has 1 saturated heterocycles. The zero-order valence-corrected chi connectivity index (χ0v) is 13.7. The molecule has 0 aliphatic carbocycles. The summed E-state index contributed by atoms with van der Waals surface area (Å²) >= 11 is 0. The first-order valence-electron chi connectivity index (χ1n) is 7.62. The van der Waals surface area contributed by atoms with Crippen molar-refractivity contribution in [3.63, 3.8) is 0 Å². The molecule has 1 N–H and O–H groups in total. The number of hydrogen-bond acceptors (Lipinski definition) is 4. The molecule has 0 saturated carbocycles. The third kappa shape index (κ3) is 6.01. The molecule has 1 aliphatic rings. The molecule has 1 aliphatic heterocycles. The average Bonchev–Trinajstić information content (AvgIpc) is 2.50. The Morgan fingerprint density at radius 3 is 2.76 bits per heavy atom. The molecule has 0 unspecified atom stereocenters. The van der Waals surface area contributed by atoms with Gasteiger partial charge in [-0.25, -0.2) is 0 Å². The zero-order valence-electron chi connectivity index (χ0n) is 13.7. The highest BCUT2D eigenvalue weighted by atomic mass is 16.5. The van der Waals surface area contributed by atoms with Gasteiger partial charge in [0.1, 0.15) is 0 Å². The van der Waals surface area contributed by atoms with Crippen LogP contribution in [-0.4, -0.2) is 75.6 Å².